The topological polar surface area (TPSA) is 71.6 Å². The minimum Gasteiger partial charge on any atom is -0.292 e. The fourth-order valence-corrected chi connectivity index (χ4v) is 0.773. The van der Waals surface area contributed by atoms with Crippen LogP contribution in [0.2, 0.25) is 0 Å². The number of carbonyl (C=O) groups is 1. The molecule has 5 heteroatoms. The lowest BCUT2D eigenvalue weighted by Gasteiger charge is -1.87. The highest BCUT2D eigenvalue weighted by molar-refractivity contribution is 5.93. The average Bonchev–Trinajstić information content (AvgIpc) is 2.47. The highest BCUT2D eigenvalue weighted by atomic mass is 16.1. The average molecular weight is 164 g/mol. The molecule has 62 valence electrons. The first-order chi connectivity index (χ1) is 5.74. The van der Waals surface area contributed by atoms with Gasteiger partial charge in [0.25, 0.3) is 0 Å². The van der Waals surface area contributed by atoms with Crippen LogP contribution < -0.4 is 0 Å². The number of nitrogens with zero attached hydrogens (tertiary/aromatic N) is 4. The van der Waals surface area contributed by atoms with E-state index >= 15 is 0 Å². The molecule has 1 aromatic rings. The van der Waals surface area contributed by atoms with Gasteiger partial charge in [0.2, 0.25) is 0 Å². The summed E-state index contributed by atoms with van der Waals surface area (Å²) in [4.78, 5) is 11.1. The third-order valence-corrected chi connectivity index (χ3v) is 1.35. The number of ketones is 1. The van der Waals surface area contributed by atoms with Crippen LogP contribution in [0.4, 0.5) is 0 Å². The molecule has 0 aliphatic carbocycles. The van der Waals surface area contributed by atoms with E-state index in [2.05, 4.69) is 10.3 Å². The van der Waals surface area contributed by atoms with Gasteiger partial charge in [-0.05, 0) is 0 Å². The Kier molecular flexibility index (Phi) is 2.53. The molecule has 12 heavy (non-hydrogen) atoms. The summed E-state index contributed by atoms with van der Waals surface area (Å²) in [5, 5.41) is 15.5. The molecule has 5 nitrogen and oxygen atoms in total. The minimum absolute atomic E-state index is 0.135. The molecule has 0 atom stereocenters. The summed E-state index contributed by atoms with van der Waals surface area (Å²) in [6.07, 6.45) is 1.99. The van der Waals surface area contributed by atoms with Gasteiger partial charge in [-0.2, -0.15) is 5.26 Å². The highest BCUT2D eigenvalue weighted by Crippen LogP contribution is 1.99. The van der Waals surface area contributed by atoms with E-state index in [0.29, 0.717) is 5.69 Å². The smallest absolute Gasteiger partial charge is 0.185 e. The van der Waals surface area contributed by atoms with E-state index < -0.39 is 0 Å². The lowest BCUT2D eigenvalue weighted by atomic mass is 10.2. The van der Waals surface area contributed by atoms with Crippen molar-refractivity contribution in [3.05, 3.63) is 11.9 Å². The summed E-state index contributed by atoms with van der Waals surface area (Å²) in [5.74, 6) is -0.135. The first kappa shape index (κ1) is 8.40. The third kappa shape index (κ3) is 1.89. The Bertz CT molecular complexity index is 322. The van der Waals surface area contributed by atoms with Crippen LogP contribution in [0.1, 0.15) is 23.3 Å². The van der Waals surface area contributed by atoms with E-state index in [9.17, 15) is 4.79 Å². The second-order valence-electron chi connectivity index (χ2n) is 2.36. The largest absolute Gasteiger partial charge is 0.292 e. The zero-order valence-electron chi connectivity index (χ0n) is 6.69. The predicted octanol–water partition coefficient (Wildman–Crippen LogP) is 0.302. The summed E-state index contributed by atoms with van der Waals surface area (Å²) >= 11 is 0. The van der Waals surface area contributed by atoms with Gasteiger partial charge in [0, 0.05) is 19.9 Å². The van der Waals surface area contributed by atoms with Gasteiger partial charge < -0.3 is 0 Å². The Hall–Kier alpha value is -1.70. The molecule has 1 aromatic heterocycles. The van der Waals surface area contributed by atoms with Crippen molar-refractivity contribution in [2.24, 2.45) is 7.05 Å². The van der Waals surface area contributed by atoms with E-state index in [1.54, 1.807) is 13.2 Å². The van der Waals surface area contributed by atoms with Crippen LogP contribution >= 0.6 is 0 Å². The van der Waals surface area contributed by atoms with E-state index in [1.165, 1.54) is 4.68 Å². The number of hydrogen-bond acceptors (Lipinski definition) is 4. The van der Waals surface area contributed by atoms with Crippen LogP contribution in [0.25, 0.3) is 0 Å². The van der Waals surface area contributed by atoms with Crippen molar-refractivity contribution in [3.63, 3.8) is 0 Å². The zero-order valence-corrected chi connectivity index (χ0v) is 6.69. The fourth-order valence-electron chi connectivity index (χ4n) is 0.773. The Labute approximate surface area is 69.6 Å². The number of aryl methyl sites for hydroxylation is 1. The summed E-state index contributed by atoms with van der Waals surface area (Å²) in [6, 6.07) is 1.90. The Morgan fingerprint density at radius 2 is 2.58 bits per heavy atom. The van der Waals surface area contributed by atoms with Crippen LogP contribution in [-0.4, -0.2) is 20.8 Å². The molecular weight excluding hydrogens is 156 g/mol. The second-order valence-corrected chi connectivity index (χ2v) is 2.36. The summed E-state index contributed by atoms with van der Waals surface area (Å²) in [5.41, 5.74) is 0.327. The number of nitriles is 1. The molecule has 1 rings (SSSR count). The first-order valence-electron chi connectivity index (χ1n) is 3.50. The summed E-state index contributed by atoms with van der Waals surface area (Å²) in [6.45, 7) is 0. The minimum atomic E-state index is -0.135. The number of carbonyl (C=O) groups excluding carboxylic acids is 1. The van der Waals surface area contributed by atoms with Crippen molar-refractivity contribution in [1.82, 2.24) is 15.0 Å². The normalized spacial score (nSPS) is 9.33. The van der Waals surface area contributed by atoms with Crippen molar-refractivity contribution in [2.45, 2.75) is 12.8 Å². The predicted molar refractivity (Wildman–Crippen MR) is 40.2 cm³/mol. The van der Waals surface area contributed by atoms with Gasteiger partial charge in [-0.1, -0.05) is 5.21 Å². The van der Waals surface area contributed by atoms with Crippen LogP contribution in [0.3, 0.4) is 0 Å². The third-order valence-electron chi connectivity index (χ3n) is 1.35. The molecule has 0 spiro atoms. The lowest BCUT2D eigenvalue weighted by molar-refractivity contribution is 0.0979. The Balaban J connectivity index is 2.61. The molecule has 0 radical (unpaired) electrons. The maximum Gasteiger partial charge on any atom is 0.185 e. The SMILES string of the molecule is Cn1cc(C(=O)CCC#N)nn1. The lowest BCUT2D eigenvalue weighted by Crippen LogP contribution is -1.98. The quantitative estimate of drug-likeness (QED) is 0.602. The molecule has 0 bridgehead atoms. The number of rotatable bonds is 3. The Morgan fingerprint density at radius 1 is 1.83 bits per heavy atom. The molecule has 0 saturated carbocycles. The molecule has 0 N–H and O–H groups in total. The summed E-state index contributed by atoms with van der Waals surface area (Å²) in [7, 11) is 1.69. The molecule has 0 fully saturated rings. The zero-order chi connectivity index (χ0) is 8.97. The summed E-state index contributed by atoms with van der Waals surface area (Å²) < 4.78 is 1.46. The molecule has 0 aliphatic rings. The van der Waals surface area contributed by atoms with Gasteiger partial charge in [-0.25, -0.2) is 0 Å². The van der Waals surface area contributed by atoms with Crippen LogP contribution in [0.15, 0.2) is 6.20 Å². The maximum absolute atomic E-state index is 11.1. The van der Waals surface area contributed by atoms with Gasteiger partial charge >= 0.3 is 0 Å². The van der Waals surface area contributed by atoms with E-state index in [0.717, 1.165) is 0 Å². The van der Waals surface area contributed by atoms with Gasteiger partial charge in [-0.15, -0.1) is 5.10 Å². The van der Waals surface area contributed by atoms with Crippen molar-refractivity contribution in [1.29, 1.82) is 5.26 Å². The van der Waals surface area contributed by atoms with Gasteiger partial charge in [0.05, 0.1) is 12.3 Å². The standard InChI is InChI=1S/C7H8N4O/c1-11-5-6(9-10-11)7(12)3-2-4-8/h5H,2-3H2,1H3. The molecule has 0 amide bonds. The Morgan fingerprint density at radius 3 is 3.08 bits per heavy atom. The van der Waals surface area contributed by atoms with E-state index in [4.69, 9.17) is 5.26 Å². The van der Waals surface area contributed by atoms with E-state index in [-0.39, 0.29) is 18.6 Å². The number of Topliss-reactive ketones (excluding diaryl/α,β-unsaturated/α-hetero) is 1. The molecule has 1 heterocycles. The molecule has 0 unspecified atom stereocenters. The molecule has 0 saturated heterocycles. The second kappa shape index (κ2) is 3.62. The molecule has 0 aliphatic heterocycles. The maximum atomic E-state index is 11.1. The van der Waals surface area contributed by atoms with Crippen molar-refractivity contribution >= 4 is 5.78 Å². The van der Waals surface area contributed by atoms with Gasteiger partial charge in [0.15, 0.2) is 5.78 Å². The van der Waals surface area contributed by atoms with Gasteiger partial charge in [-0.3, -0.25) is 9.48 Å². The van der Waals surface area contributed by atoms with Gasteiger partial charge in [0.1, 0.15) is 5.69 Å². The van der Waals surface area contributed by atoms with Crippen molar-refractivity contribution in [3.8, 4) is 6.07 Å². The highest BCUT2D eigenvalue weighted by Gasteiger charge is 2.08. The number of hydrogen-bond donors (Lipinski definition) is 0. The van der Waals surface area contributed by atoms with E-state index in [1.807, 2.05) is 6.07 Å². The van der Waals surface area contributed by atoms with Crippen LogP contribution in [-0.2, 0) is 7.05 Å². The van der Waals surface area contributed by atoms with Crippen molar-refractivity contribution < 1.29 is 4.79 Å². The number of aromatic nitrogens is 3. The molecule has 0 aromatic carbocycles. The fraction of sp³-hybridized carbons (Fsp3) is 0.429. The van der Waals surface area contributed by atoms with Crippen LogP contribution in [0, 0.1) is 11.3 Å². The first-order valence-corrected chi connectivity index (χ1v) is 3.50. The van der Waals surface area contributed by atoms with Crippen LogP contribution in [0.5, 0.6) is 0 Å². The monoisotopic (exact) mass is 164 g/mol. The van der Waals surface area contributed by atoms with Crippen molar-refractivity contribution in [2.75, 3.05) is 0 Å². The molecular formula is C7H8N4O.